The number of amides is 1. The van der Waals surface area contributed by atoms with Crippen LogP contribution < -0.4 is 5.56 Å². The van der Waals surface area contributed by atoms with E-state index in [1.54, 1.807) is 18.2 Å². The van der Waals surface area contributed by atoms with Crippen LogP contribution in [0.25, 0.3) is 10.2 Å². The van der Waals surface area contributed by atoms with Crippen LogP contribution in [0.5, 0.6) is 0 Å². The summed E-state index contributed by atoms with van der Waals surface area (Å²) in [6, 6.07) is 8.15. The Morgan fingerprint density at radius 3 is 2.68 bits per heavy atom. The first kappa shape index (κ1) is 18.8. The highest BCUT2D eigenvalue weighted by molar-refractivity contribution is 7.16. The molecule has 0 N–H and O–H groups in total. The topological polar surface area (TPSA) is 55.2 Å². The fourth-order valence-electron chi connectivity index (χ4n) is 3.84. The van der Waals surface area contributed by atoms with Crippen molar-refractivity contribution in [1.29, 1.82) is 0 Å². The monoisotopic (exact) mass is 399 g/mol. The third-order valence-electron chi connectivity index (χ3n) is 5.36. The number of benzene rings is 1. The second kappa shape index (κ2) is 8.22. The summed E-state index contributed by atoms with van der Waals surface area (Å²) in [6.07, 6.45) is 6.76. The maximum atomic E-state index is 13.2. The summed E-state index contributed by atoms with van der Waals surface area (Å²) in [6.45, 7) is 0.391. The fraction of sp³-hybridized carbons (Fsp3) is 0.381. The van der Waals surface area contributed by atoms with E-state index in [9.17, 15) is 14.0 Å². The van der Waals surface area contributed by atoms with E-state index in [1.165, 1.54) is 40.8 Å². The molecule has 1 amide bonds. The van der Waals surface area contributed by atoms with E-state index >= 15 is 0 Å². The minimum absolute atomic E-state index is 0.0324. The second-order valence-electron chi connectivity index (χ2n) is 7.26. The van der Waals surface area contributed by atoms with Gasteiger partial charge in [-0.15, -0.1) is 11.3 Å². The van der Waals surface area contributed by atoms with Crippen molar-refractivity contribution in [3.05, 3.63) is 63.8 Å². The molecule has 4 rings (SSSR count). The molecule has 1 fully saturated rings. The summed E-state index contributed by atoms with van der Waals surface area (Å²) >= 11 is 1.41. The predicted octanol–water partition coefficient (Wildman–Crippen LogP) is 3.96. The van der Waals surface area contributed by atoms with Crippen LogP contribution in [0, 0.1) is 5.82 Å². The Balaban J connectivity index is 1.58. The highest BCUT2D eigenvalue weighted by Gasteiger charge is 2.26. The average molecular weight is 399 g/mol. The lowest BCUT2D eigenvalue weighted by molar-refractivity contribution is -0.135. The Kier molecular flexibility index (Phi) is 5.52. The van der Waals surface area contributed by atoms with Crippen molar-refractivity contribution < 1.29 is 9.18 Å². The second-order valence-corrected chi connectivity index (χ2v) is 8.15. The van der Waals surface area contributed by atoms with Gasteiger partial charge in [-0.1, -0.05) is 31.4 Å². The molecule has 0 aliphatic heterocycles. The molecule has 0 bridgehead atoms. The van der Waals surface area contributed by atoms with Gasteiger partial charge < -0.3 is 4.90 Å². The molecule has 2 aromatic heterocycles. The molecule has 0 spiro atoms. The van der Waals surface area contributed by atoms with Gasteiger partial charge in [0.15, 0.2) is 0 Å². The first-order chi connectivity index (χ1) is 13.6. The van der Waals surface area contributed by atoms with E-state index < -0.39 is 0 Å². The molecule has 0 saturated heterocycles. The van der Waals surface area contributed by atoms with Crippen LogP contribution in [0.3, 0.4) is 0 Å². The maximum absolute atomic E-state index is 13.2. The maximum Gasteiger partial charge on any atom is 0.262 e. The van der Waals surface area contributed by atoms with Crippen LogP contribution in [-0.4, -0.2) is 26.4 Å². The molecule has 1 aliphatic rings. The van der Waals surface area contributed by atoms with Crippen LogP contribution in [0.2, 0.25) is 0 Å². The number of hydrogen-bond donors (Lipinski definition) is 0. The van der Waals surface area contributed by atoms with Gasteiger partial charge in [0.05, 0.1) is 11.7 Å². The van der Waals surface area contributed by atoms with Gasteiger partial charge in [-0.05, 0) is 42.0 Å². The predicted molar refractivity (Wildman–Crippen MR) is 108 cm³/mol. The molecule has 28 heavy (non-hydrogen) atoms. The van der Waals surface area contributed by atoms with Crippen molar-refractivity contribution in [2.45, 2.75) is 51.2 Å². The van der Waals surface area contributed by atoms with Crippen molar-refractivity contribution >= 4 is 27.5 Å². The van der Waals surface area contributed by atoms with Gasteiger partial charge in [-0.25, -0.2) is 9.37 Å². The number of rotatable bonds is 5. The first-order valence-corrected chi connectivity index (χ1v) is 10.5. The van der Waals surface area contributed by atoms with Crippen molar-refractivity contribution in [3.63, 3.8) is 0 Å². The summed E-state index contributed by atoms with van der Waals surface area (Å²) in [5, 5.41) is 2.37. The van der Waals surface area contributed by atoms with Crippen molar-refractivity contribution in [2.24, 2.45) is 0 Å². The third-order valence-corrected chi connectivity index (χ3v) is 6.18. The summed E-state index contributed by atoms with van der Waals surface area (Å²) in [5.41, 5.74) is 0.698. The summed E-state index contributed by atoms with van der Waals surface area (Å²) < 4.78 is 14.6. The van der Waals surface area contributed by atoms with Crippen LogP contribution in [0.15, 0.2) is 46.8 Å². The lowest BCUT2D eigenvalue weighted by Gasteiger charge is -2.34. The molecule has 2 heterocycles. The van der Waals surface area contributed by atoms with E-state index in [0.717, 1.165) is 31.2 Å². The minimum Gasteiger partial charge on any atom is -0.334 e. The third kappa shape index (κ3) is 3.99. The molecular weight excluding hydrogens is 377 g/mol. The van der Waals surface area contributed by atoms with E-state index in [-0.39, 0.29) is 29.9 Å². The number of thiophene rings is 1. The zero-order valence-electron chi connectivity index (χ0n) is 15.5. The largest absolute Gasteiger partial charge is 0.334 e. The number of halogens is 1. The number of hydrogen-bond acceptors (Lipinski definition) is 4. The van der Waals surface area contributed by atoms with E-state index in [4.69, 9.17) is 0 Å². The molecule has 1 aromatic carbocycles. The van der Waals surface area contributed by atoms with Gasteiger partial charge in [0, 0.05) is 12.6 Å². The average Bonchev–Trinajstić information content (AvgIpc) is 3.20. The quantitative estimate of drug-likeness (QED) is 0.653. The zero-order chi connectivity index (χ0) is 19.5. The first-order valence-electron chi connectivity index (χ1n) is 9.58. The Morgan fingerprint density at radius 1 is 1.18 bits per heavy atom. The van der Waals surface area contributed by atoms with E-state index in [2.05, 4.69) is 4.98 Å². The fourth-order valence-corrected chi connectivity index (χ4v) is 4.57. The smallest absolute Gasteiger partial charge is 0.262 e. The number of fused-ring (bicyclic) bond motifs is 1. The van der Waals surface area contributed by atoms with Gasteiger partial charge in [0.2, 0.25) is 5.91 Å². The van der Waals surface area contributed by atoms with Gasteiger partial charge >= 0.3 is 0 Å². The van der Waals surface area contributed by atoms with Crippen molar-refractivity contribution in [1.82, 2.24) is 14.5 Å². The normalized spacial score (nSPS) is 15.0. The van der Waals surface area contributed by atoms with E-state index in [1.807, 2.05) is 10.3 Å². The lowest BCUT2D eigenvalue weighted by Crippen LogP contribution is -2.43. The molecule has 3 aromatic rings. The molecule has 0 atom stereocenters. The molecule has 146 valence electrons. The van der Waals surface area contributed by atoms with Gasteiger partial charge in [-0.3, -0.25) is 14.2 Å². The SMILES string of the molecule is O=C(Cn1cnc2sccc2c1=O)N(Cc1ccc(F)cc1)C1CCCCC1. The molecule has 0 radical (unpaired) electrons. The molecule has 7 heteroatoms. The Hall–Kier alpha value is -2.54. The highest BCUT2D eigenvalue weighted by atomic mass is 32.1. The van der Waals surface area contributed by atoms with Gasteiger partial charge in [0.1, 0.15) is 17.2 Å². The highest BCUT2D eigenvalue weighted by Crippen LogP contribution is 2.24. The Bertz CT molecular complexity index is 1020. The minimum atomic E-state index is -0.291. The van der Waals surface area contributed by atoms with Crippen molar-refractivity contribution in [2.75, 3.05) is 0 Å². The van der Waals surface area contributed by atoms with E-state index in [0.29, 0.717) is 16.8 Å². The number of nitrogens with zero attached hydrogens (tertiary/aromatic N) is 3. The Morgan fingerprint density at radius 2 is 1.93 bits per heavy atom. The van der Waals surface area contributed by atoms with Gasteiger partial charge in [0.25, 0.3) is 5.56 Å². The van der Waals surface area contributed by atoms with Crippen LogP contribution in [-0.2, 0) is 17.9 Å². The number of carbonyl (C=O) groups is 1. The van der Waals surface area contributed by atoms with Gasteiger partial charge in [-0.2, -0.15) is 0 Å². The number of aromatic nitrogens is 2. The summed E-state index contributed by atoms with van der Waals surface area (Å²) in [7, 11) is 0. The molecule has 1 saturated carbocycles. The molecular formula is C21H22FN3O2S. The van der Waals surface area contributed by atoms with Crippen LogP contribution in [0.4, 0.5) is 4.39 Å². The standard InChI is InChI=1S/C21H22FN3O2S/c22-16-8-6-15(7-9-16)12-25(17-4-2-1-3-5-17)19(26)13-24-14-23-20-18(21(24)27)10-11-28-20/h6-11,14,17H,1-5,12-13H2. The summed E-state index contributed by atoms with van der Waals surface area (Å²) in [5.74, 6) is -0.393. The Labute approximate surface area is 166 Å². The van der Waals surface area contributed by atoms with Crippen LogP contribution >= 0.6 is 11.3 Å². The molecule has 5 nitrogen and oxygen atoms in total. The molecule has 1 aliphatic carbocycles. The van der Waals surface area contributed by atoms with Crippen LogP contribution in [0.1, 0.15) is 37.7 Å². The summed E-state index contributed by atoms with van der Waals surface area (Å²) in [4.78, 5) is 32.6. The number of carbonyl (C=O) groups excluding carboxylic acids is 1. The lowest BCUT2D eigenvalue weighted by atomic mass is 9.93. The molecule has 0 unspecified atom stereocenters. The zero-order valence-corrected chi connectivity index (χ0v) is 16.3. The van der Waals surface area contributed by atoms with Crippen molar-refractivity contribution in [3.8, 4) is 0 Å².